The van der Waals surface area contributed by atoms with Crippen LogP contribution in [0.4, 0.5) is 5.82 Å². The predicted octanol–water partition coefficient (Wildman–Crippen LogP) is 3.18. The number of aromatic nitrogens is 4. The Bertz CT molecular complexity index is 1110. The summed E-state index contributed by atoms with van der Waals surface area (Å²) < 4.78 is 2.00. The molecule has 140 valence electrons. The zero-order chi connectivity index (χ0) is 18.5. The fourth-order valence-corrected chi connectivity index (χ4v) is 5.14. The lowest BCUT2D eigenvalue weighted by atomic mass is 10.0. The molecule has 2 atom stereocenters. The minimum absolute atomic E-state index is 0.737. The third-order valence-corrected chi connectivity index (χ3v) is 6.61. The van der Waals surface area contributed by atoms with E-state index in [0.29, 0.717) is 0 Å². The molecular formula is C21H20N6S. The molecule has 2 aliphatic heterocycles. The molecule has 2 saturated heterocycles. The van der Waals surface area contributed by atoms with E-state index < -0.39 is 0 Å². The Hall–Kier alpha value is -2.77. The first kappa shape index (κ1) is 16.2. The maximum atomic E-state index is 5.03. The molecule has 0 radical (unpaired) electrons. The van der Waals surface area contributed by atoms with E-state index in [9.17, 15) is 0 Å². The number of rotatable bonds is 3. The second kappa shape index (κ2) is 6.39. The minimum atomic E-state index is 0.737. The van der Waals surface area contributed by atoms with Crippen molar-refractivity contribution >= 4 is 22.8 Å². The Morgan fingerprint density at radius 2 is 1.79 bits per heavy atom. The highest BCUT2D eigenvalue weighted by Crippen LogP contribution is 2.35. The molecule has 4 aromatic rings. The average molecular weight is 389 g/mol. The molecule has 0 aliphatic carbocycles. The van der Waals surface area contributed by atoms with Crippen molar-refractivity contribution in [1.82, 2.24) is 24.9 Å². The third kappa shape index (κ3) is 2.54. The number of nitrogens with zero attached hydrogens (tertiary/aromatic N) is 5. The zero-order valence-electron chi connectivity index (χ0n) is 15.3. The molecule has 6 nitrogen and oxygen atoms in total. The van der Waals surface area contributed by atoms with E-state index in [4.69, 9.17) is 10.1 Å². The van der Waals surface area contributed by atoms with Crippen molar-refractivity contribution in [3.8, 4) is 22.5 Å². The van der Waals surface area contributed by atoms with Gasteiger partial charge in [-0.15, -0.1) is 5.10 Å². The van der Waals surface area contributed by atoms with Gasteiger partial charge < -0.3 is 10.2 Å². The minimum Gasteiger partial charge on any atom is -0.355 e. The van der Waals surface area contributed by atoms with Crippen LogP contribution in [0.15, 0.2) is 53.5 Å². The van der Waals surface area contributed by atoms with Crippen LogP contribution in [0.25, 0.3) is 28.2 Å². The molecule has 0 amide bonds. The van der Waals surface area contributed by atoms with Crippen molar-refractivity contribution in [2.75, 3.05) is 31.1 Å². The molecule has 0 spiro atoms. The second-order valence-corrected chi connectivity index (χ2v) is 8.38. The number of fused-ring (bicyclic) bond motifs is 2. The highest BCUT2D eigenvalue weighted by Gasteiger charge is 2.36. The second-order valence-electron chi connectivity index (χ2n) is 7.60. The van der Waals surface area contributed by atoms with Crippen LogP contribution in [0.3, 0.4) is 0 Å². The quantitative estimate of drug-likeness (QED) is 0.584. The molecular weight excluding hydrogens is 368 g/mol. The molecule has 2 unspecified atom stereocenters. The van der Waals surface area contributed by atoms with E-state index in [2.05, 4.69) is 44.2 Å². The van der Waals surface area contributed by atoms with Gasteiger partial charge in [-0.2, -0.15) is 11.3 Å². The van der Waals surface area contributed by atoms with Gasteiger partial charge in [0.05, 0.1) is 5.69 Å². The van der Waals surface area contributed by atoms with Crippen molar-refractivity contribution in [3.05, 3.63) is 53.5 Å². The summed E-state index contributed by atoms with van der Waals surface area (Å²) in [6.07, 6.45) is 3.65. The maximum absolute atomic E-state index is 5.03. The van der Waals surface area contributed by atoms with Gasteiger partial charge in [0.25, 0.3) is 0 Å². The fourth-order valence-electron chi connectivity index (χ4n) is 4.50. The predicted molar refractivity (Wildman–Crippen MR) is 112 cm³/mol. The van der Waals surface area contributed by atoms with Gasteiger partial charge in [0.1, 0.15) is 11.5 Å². The first-order valence-corrected chi connectivity index (χ1v) is 10.6. The number of hydrogen-bond acceptors (Lipinski definition) is 6. The van der Waals surface area contributed by atoms with Crippen LogP contribution in [0.1, 0.15) is 0 Å². The van der Waals surface area contributed by atoms with Crippen LogP contribution in [-0.4, -0.2) is 45.8 Å². The highest BCUT2D eigenvalue weighted by atomic mass is 32.1. The van der Waals surface area contributed by atoms with Crippen molar-refractivity contribution in [2.24, 2.45) is 11.8 Å². The van der Waals surface area contributed by atoms with Gasteiger partial charge in [-0.1, -0.05) is 0 Å². The van der Waals surface area contributed by atoms with Crippen LogP contribution < -0.4 is 10.2 Å². The Labute approximate surface area is 166 Å². The molecule has 28 heavy (non-hydrogen) atoms. The number of anilines is 1. The van der Waals surface area contributed by atoms with Crippen molar-refractivity contribution in [3.63, 3.8) is 0 Å². The fraction of sp³-hybridized carbons (Fsp3) is 0.286. The van der Waals surface area contributed by atoms with E-state index >= 15 is 0 Å². The summed E-state index contributed by atoms with van der Waals surface area (Å²) in [5.74, 6) is 2.51. The van der Waals surface area contributed by atoms with Crippen LogP contribution >= 0.6 is 11.3 Å². The molecule has 0 saturated carbocycles. The molecule has 6 heterocycles. The average Bonchev–Trinajstić information content (AvgIpc) is 3.50. The monoisotopic (exact) mass is 388 g/mol. The summed E-state index contributed by atoms with van der Waals surface area (Å²) >= 11 is 1.68. The summed E-state index contributed by atoms with van der Waals surface area (Å²) in [5, 5.41) is 12.8. The van der Waals surface area contributed by atoms with Crippen LogP contribution in [0.2, 0.25) is 0 Å². The Morgan fingerprint density at radius 1 is 0.964 bits per heavy atom. The lowest BCUT2D eigenvalue weighted by Gasteiger charge is -2.18. The Kier molecular flexibility index (Phi) is 3.70. The van der Waals surface area contributed by atoms with Crippen molar-refractivity contribution in [1.29, 1.82) is 0 Å². The lowest BCUT2D eigenvalue weighted by molar-refractivity contribution is 0.533. The van der Waals surface area contributed by atoms with Gasteiger partial charge in [-0.3, -0.25) is 4.98 Å². The topological polar surface area (TPSA) is 58.4 Å². The van der Waals surface area contributed by atoms with Crippen LogP contribution in [0, 0.1) is 11.8 Å². The molecule has 4 aromatic heterocycles. The number of nitrogens with one attached hydrogen (secondary N) is 1. The summed E-state index contributed by atoms with van der Waals surface area (Å²) in [5.41, 5.74) is 5.08. The molecule has 0 bridgehead atoms. The summed E-state index contributed by atoms with van der Waals surface area (Å²) in [6, 6.07) is 10.4. The van der Waals surface area contributed by atoms with Gasteiger partial charge >= 0.3 is 0 Å². The molecule has 1 N–H and O–H groups in total. The lowest BCUT2D eigenvalue weighted by Crippen LogP contribution is -2.26. The highest BCUT2D eigenvalue weighted by molar-refractivity contribution is 7.08. The van der Waals surface area contributed by atoms with Gasteiger partial charge in [0.15, 0.2) is 5.65 Å². The third-order valence-electron chi connectivity index (χ3n) is 5.93. The molecule has 7 heteroatoms. The van der Waals surface area contributed by atoms with E-state index in [1.54, 1.807) is 11.3 Å². The van der Waals surface area contributed by atoms with Gasteiger partial charge in [-0.25, -0.2) is 9.50 Å². The molecule has 2 aliphatic rings. The van der Waals surface area contributed by atoms with Crippen LogP contribution in [0.5, 0.6) is 0 Å². The SMILES string of the molecule is c1cc(-c2c(-c3ccsc3)nc3ccc(N4CC5CNCC5C4)nn23)ccn1. The van der Waals surface area contributed by atoms with Gasteiger partial charge in [0, 0.05) is 55.1 Å². The number of imidazole rings is 1. The standard InChI is InChI=1S/C21H20N6S/c1-2-19(26-11-16-9-23-10-17(16)12-26)25-27-18(1)24-20(15-5-8-28-13-15)21(27)14-3-6-22-7-4-14/h1-8,13,16-17,23H,9-12H2. The van der Waals surface area contributed by atoms with Crippen molar-refractivity contribution < 1.29 is 0 Å². The maximum Gasteiger partial charge on any atom is 0.155 e. The summed E-state index contributed by atoms with van der Waals surface area (Å²) in [6.45, 7) is 4.40. The van der Waals surface area contributed by atoms with E-state index in [1.807, 2.05) is 29.0 Å². The molecule has 6 rings (SSSR count). The Balaban J connectivity index is 1.50. The van der Waals surface area contributed by atoms with Gasteiger partial charge in [0.2, 0.25) is 0 Å². The number of thiophene rings is 1. The van der Waals surface area contributed by atoms with Gasteiger partial charge in [-0.05, 0) is 47.5 Å². The summed E-state index contributed by atoms with van der Waals surface area (Å²) in [7, 11) is 0. The number of hydrogen-bond donors (Lipinski definition) is 1. The van der Waals surface area contributed by atoms with Crippen LogP contribution in [-0.2, 0) is 0 Å². The normalized spacial score (nSPS) is 21.5. The smallest absolute Gasteiger partial charge is 0.155 e. The van der Waals surface area contributed by atoms with E-state index in [-0.39, 0.29) is 0 Å². The largest absolute Gasteiger partial charge is 0.355 e. The Morgan fingerprint density at radius 3 is 2.54 bits per heavy atom. The molecule has 2 fully saturated rings. The first-order chi connectivity index (χ1) is 13.9. The summed E-state index contributed by atoms with van der Waals surface area (Å²) in [4.78, 5) is 11.5. The van der Waals surface area contributed by atoms with Crippen molar-refractivity contribution in [2.45, 2.75) is 0 Å². The van der Waals surface area contributed by atoms with E-state index in [1.165, 1.54) is 0 Å². The number of pyridine rings is 1. The van der Waals surface area contributed by atoms with E-state index in [0.717, 1.165) is 72.0 Å². The zero-order valence-corrected chi connectivity index (χ0v) is 16.1. The first-order valence-electron chi connectivity index (χ1n) is 9.65. The molecule has 0 aromatic carbocycles.